The molecule has 0 bridgehead atoms. The van der Waals surface area contributed by atoms with Gasteiger partial charge in [0.15, 0.2) is 0 Å². The second kappa shape index (κ2) is 7.82. The van der Waals surface area contributed by atoms with Gasteiger partial charge in [0.2, 0.25) is 15.9 Å². The van der Waals surface area contributed by atoms with E-state index in [1.54, 1.807) is 35.2 Å². The number of carbonyl (C=O) groups excluding carboxylic acids is 1. The van der Waals surface area contributed by atoms with Crippen molar-refractivity contribution < 1.29 is 13.2 Å². The van der Waals surface area contributed by atoms with Crippen molar-refractivity contribution in [1.82, 2.24) is 9.21 Å². The van der Waals surface area contributed by atoms with E-state index in [1.807, 2.05) is 0 Å². The largest absolute Gasteiger partial charge is 0.340 e. The van der Waals surface area contributed by atoms with E-state index < -0.39 is 10.0 Å². The molecule has 3 rings (SSSR count). The average molecular weight is 374 g/mol. The summed E-state index contributed by atoms with van der Waals surface area (Å²) in [6.45, 7) is 1.55. The van der Waals surface area contributed by atoms with Crippen LogP contribution in [0.4, 0.5) is 0 Å². The summed E-state index contributed by atoms with van der Waals surface area (Å²) in [7, 11) is -3.47. The van der Waals surface area contributed by atoms with Crippen LogP contribution in [0.15, 0.2) is 35.2 Å². The summed E-state index contributed by atoms with van der Waals surface area (Å²) in [4.78, 5) is 14.6. The maximum absolute atomic E-state index is 12.6. The van der Waals surface area contributed by atoms with Crippen molar-refractivity contribution in [3.8, 4) is 0 Å². The second-order valence-corrected chi connectivity index (χ2v) is 8.18. The standard InChI is InChI=1S/C16H23N3O3S.ClH/c17-15-8-4-7-14(15)16(20)18-9-11-19(12-10-18)23(21,22)13-5-2-1-3-6-13;/h1-3,5-6,14-15H,4,7-12,17H2;1H. The molecule has 1 aromatic carbocycles. The fourth-order valence-corrected chi connectivity index (χ4v) is 4.86. The van der Waals surface area contributed by atoms with Gasteiger partial charge in [-0.05, 0) is 25.0 Å². The van der Waals surface area contributed by atoms with E-state index in [1.165, 1.54) is 4.31 Å². The highest BCUT2D eigenvalue weighted by molar-refractivity contribution is 7.89. The van der Waals surface area contributed by atoms with Crippen LogP contribution in [0, 0.1) is 5.92 Å². The Hall–Kier alpha value is -1.15. The molecular formula is C16H24ClN3O3S. The Morgan fingerprint density at radius 1 is 1.04 bits per heavy atom. The van der Waals surface area contributed by atoms with Crippen LogP contribution in [0.5, 0.6) is 0 Å². The highest BCUT2D eigenvalue weighted by Gasteiger charge is 2.36. The normalized spacial score (nSPS) is 25.3. The third kappa shape index (κ3) is 3.74. The van der Waals surface area contributed by atoms with Crippen LogP contribution in [0.25, 0.3) is 0 Å². The van der Waals surface area contributed by atoms with Crippen molar-refractivity contribution >= 4 is 28.3 Å². The number of amides is 1. The second-order valence-electron chi connectivity index (χ2n) is 6.24. The lowest BCUT2D eigenvalue weighted by molar-refractivity contribution is -0.136. The van der Waals surface area contributed by atoms with Crippen LogP contribution in [0.3, 0.4) is 0 Å². The van der Waals surface area contributed by atoms with Crippen LogP contribution in [-0.4, -0.2) is 55.8 Å². The molecule has 2 atom stereocenters. The lowest BCUT2D eigenvalue weighted by Gasteiger charge is -2.35. The van der Waals surface area contributed by atoms with E-state index >= 15 is 0 Å². The first-order chi connectivity index (χ1) is 11.0. The number of nitrogens with two attached hydrogens (primary N) is 1. The molecule has 1 aromatic rings. The molecule has 0 aromatic heterocycles. The molecule has 0 radical (unpaired) electrons. The van der Waals surface area contributed by atoms with Crippen molar-refractivity contribution in [2.75, 3.05) is 26.2 Å². The maximum atomic E-state index is 12.6. The minimum atomic E-state index is -3.47. The van der Waals surface area contributed by atoms with Gasteiger partial charge in [0.1, 0.15) is 0 Å². The van der Waals surface area contributed by atoms with E-state index in [0.29, 0.717) is 31.1 Å². The number of sulfonamides is 1. The average Bonchev–Trinajstić information content (AvgIpc) is 3.01. The van der Waals surface area contributed by atoms with Crippen molar-refractivity contribution in [2.45, 2.75) is 30.2 Å². The SMILES string of the molecule is Cl.NC1CCCC1C(=O)N1CCN(S(=O)(=O)c2ccccc2)CC1. The molecule has 24 heavy (non-hydrogen) atoms. The summed E-state index contributed by atoms with van der Waals surface area (Å²) in [5.41, 5.74) is 6.01. The van der Waals surface area contributed by atoms with Crippen LogP contribution in [0.1, 0.15) is 19.3 Å². The number of rotatable bonds is 3. The Kier molecular flexibility index (Phi) is 6.25. The van der Waals surface area contributed by atoms with Crippen molar-refractivity contribution in [3.63, 3.8) is 0 Å². The van der Waals surface area contributed by atoms with Gasteiger partial charge in [-0.15, -0.1) is 12.4 Å². The Morgan fingerprint density at radius 2 is 1.67 bits per heavy atom. The Bertz CT molecular complexity index is 660. The summed E-state index contributed by atoms with van der Waals surface area (Å²) in [5.74, 6) is -0.000889. The van der Waals surface area contributed by atoms with E-state index in [0.717, 1.165) is 19.3 Å². The van der Waals surface area contributed by atoms with Crippen LogP contribution in [-0.2, 0) is 14.8 Å². The van der Waals surface area contributed by atoms with Gasteiger partial charge in [-0.2, -0.15) is 4.31 Å². The first-order valence-corrected chi connectivity index (χ1v) is 9.54. The van der Waals surface area contributed by atoms with E-state index in [2.05, 4.69) is 0 Å². The van der Waals surface area contributed by atoms with E-state index in [4.69, 9.17) is 5.73 Å². The van der Waals surface area contributed by atoms with Crippen LogP contribution in [0.2, 0.25) is 0 Å². The first kappa shape index (κ1) is 19.2. The van der Waals surface area contributed by atoms with Gasteiger partial charge in [-0.25, -0.2) is 8.42 Å². The molecule has 1 saturated carbocycles. The maximum Gasteiger partial charge on any atom is 0.243 e. The topological polar surface area (TPSA) is 83.7 Å². The van der Waals surface area contributed by atoms with Crippen molar-refractivity contribution in [3.05, 3.63) is 30.3 Å². The molecule has 8 heteroatoms. The zero-order valence-electron chi connectivity index (χ0n) is 13.5. The summed E-state index contributed by atoms with van der Waals surface area (Å²) in [5, 5.41) is 0. The van der Waals surface area contributed by atoms with Gasteiger partial charge in [0.25, 0.3) is 0 Å². The molecule has 1 amide bonds. The number of carbonyl (C=O) groups is 1. The molecule has 1 aliphatic heterocycles. The molecule has 0 spiro atoms. The molecule has 2 unspecified atom stereocenters. The fraction of sp³-hybridized carbons (Fsp3) is 0.562. The van der Waals surface area contributed by atoms with Gasteiger partial charge in [-0.1, -0.05) is 24.6 Å². The van der Waals surface area contributed by atoms with Gasteiger partial charge in [0, 0.05) is 32.2 Å². The Balaban J connectivity index is 0.00000208. The van der Waals surface area contributed by atoms with Crippen molar-refractivity contribution in [2.24, 2.45) is 11.7 Å². The highest BCUT2D eigenvalue weighted by Crippen LogP contribution is 2.27. The Morgan fingerprint density at radius 3 is 2.21 bits per heavy atom. The minimum absolute atomic E-state index is 0. The molecular weight excluding hydrogens is 350 g/mol. The van der Waals surface area contributed by atoms with Gasteiger partial charge in [0.05, 0.1) is 10.8 Å². The van der Waals surface area contributed by atoms with Crippen LogP contribution < -0.4 is 5.73 Å². The highest BCUT2D eigenvalue weighted by atomic mass is 35.5. The van der Waals surface area contributed by atoms with Gasteiger partial charge >= 0.3 is 0 Å². The third-order valence-electron chi connectivity index (χ3n) is 4.82. The summed E-state index contributed by atoms with van der Waals surface area (Å²) < 4.78 is 26.6. The summed E-state index contributed by atoms with van der Waals surface area (Å²) in [6.07, 6.45) is 2.75. The molecule has 6 nitrogen and oxygen atoms in total. The number of halogens is 1. The van der Waals surface area contributed by atoms with Crippen molar-refractivity contribution in [1.29, 1.82) is 0 Å². The molecule has 1 saturated heterocycles. The van der Waals surface area contributed by atoms with Gasteiger partial charge < -0.3 is 10.6 Å². The molecule has 2 fully saturated rings. The minimum Gasteiger partial charge on any atom is -0.340 e. The van der Waals surface area contributed by atoms with E-state index in [-0.39, 0.29) is 30.3 Å². The molecule has 2 aliphatic rings. The zero-order valence-corrected chi connectivity index (χ0v) is 15.1. The Labute approximate surface area is 149 Å². The molecule has 1 aliphatic carbocycles. The lowest BCUT2D eigenvalue weighted by Crippen LogP contribution is -2.53. The van der Waals surface area contributed by atoms with Gasteiger partial charge in [-0.3, -0.25) is 4.79 Å². The molecule has 1 heterocycles. The quantitative estimate of drug-likeness (QED) is 0.858. The van der Waals surface area contributed by atoms with Crippen LogP contribution >= 0.6 is 12.4 Å². The number of nitrogens with zero attached hydrogens (tertiary/aromatic N) is 2. The first-order valence-electron chi connectivity index (χ1n) is 8.10. The monoisotopic (exact) mass is 373 g/mol. The lowest BCUT2D eigenvalue weighted by atomic mass is 10.0. The number of piperazine rings is 1. The number of hydrogen-bond donors (Lipinski definition) is 1. The number of hydrogen-bond acceptors (Lipinski definition) is 4. The van der Waals surface area contributed by atoms with E-state index in [9.17, 15) is 13.2 Å². The molecule has 2 N–H and O–H groups in total. The smallest absolute Gasteiger partial charge is 0.243 e. The summed E-state index contributed by atoms with van der Waals surface area (Å²) >= 11 is 0. The third-order valence-corrected chi connectivity index (χ3v) is 6.73. The predicted molar refractivity (Wildman–Crippen MR) is 94.3 cm³/mol. The predicted octanol–water partition coefficient (Wildman–Crippen LogP) is 1.07. The number of benzene rings is 1. The summed E-state index contributed by atoms with van der Waals surface area (Å²) in [6, 6.07) is 8.38. The fourth-order valence-electron chi connectivity index (χ4n) is 3.42. The zero-order chi connectivity index (χ0) is 16.4. The molecule has 134 valence electrons.